The highest BCUT2D eigenvalue weighted by Crippen LogP contribution is 2.30. The van der Waals surface area contributed by atoms with Gasteiger partial charge in [0.15, 0.2) is 0 Å². The molecule has 0 aliphatic carbocycles. The van der Waals surface area contributed by atoms with Crippen molar-refractivity contribution in [2.45, 2.75) is 49.8 Å². The van der Waals surface area contributed by atoms with Crippen LogP contribution in [0.3, 0.4) is 0 Å². The first-order valence-electron chi connectivity index (χ1n) is 9.36. The normalized spacial score (nSPS) is 28.1. The molecular formula is C22H26NO2+. The first-order valence-corrected chi connectivity index (χ1v) is 9.36. The Morgan fingerprint density at radius 1 is 0.920 bits per heavy atom. The minimum atomic E-state index is -0.341. The number of carbonyl (C=O) groups excluding carboxylic acids is 1. The monoisotopic (exact) mass is 336 g/mol. The number of hydrogen-bond acceptors (Lipinski definition) is 2. The quantitative estimate of drug-likeness (QED) is 0.870. The molecule has 0 saturated carbocycles. The van der Waals surface area contributed by atoms with Crippen LogP contribution in [0.2, 0.25) is 0 Å². The Labute approximate surface area is 149 Å². The summed E-state index contributed by atoms with van der Waals surface area (Å²) in [6, 6.07) is 21.3. The highest BCUT2D eigenvalue weighted by molar-refractivity contribution is 5.82. The van der Waals surface area contributed by atoms with Crippen LogP contribution in [-0.2, 0) is 9.53 Å². The summed E-state index contributed by atoms with van der Waals surface area (Å²) in [5, 5.41) is 0. The van der Waals surface area contributed by atoms with E-state index in [-0.39, 0.29) is 18.0 Å². The van der Waals surface area contributed by atoms with Gasteiger partial charge in [-0.25, -0.2) is 0 Å². The van der Waals surface area contributed by atoms with Crippen molar-refractivity contribution in [1.29, 1.82) is 0 Å². The molecule has 0 spiro atoms. The van der Waals surface area contributed by atoms with E-state index in [1.54, 1.807) is 4.90 Å². The molecule has 2 bridgehead atoms. The van der Waals surface area contributed by atoms with Crippen molar-refractivity contribution in [1.82, 2.24) is 0 Å². The Kier molecular flexibility index (Phi) is 4.58. The van der Waals surface area contributed by atoms with E-state index in [4.69, 9.17) is 4.74 Å². The number of rotatable bonds is 4. The molecule has 2 aromatic rings. The number of carbonyl (C=O) groups is 1. The van der Waals surface area contributed by atoms with Crippen molar-refractivity contribution in [2.75, 3.05) is 7.05 Å². The van der Waals surface area contributed by atoms with Crippen LogP contribution in [-0.4, -0.2) is 31.2 Å². The van der Waals surface area contributed by atoms with Gasteiger partial charge < -0.3 is 9.64 Å². The molecule has 4 rings (SSSR count). The molecule has 3 nitrogen and oxygen atoms in total. The molecular weight excluding hydrogens is 310 g/mol. The second-order valence-corrected chi connectivity index (χ2v) is 7.50. The van der Waals surface area contributed by atoms with Gasteiger partial charge in [0.2, 0.25) is 0 Å². The summed E-state index contributed by atoms with van der Waals surface area (Å²) in [6.45, 7) is 0. The summed E-state index contributed by atoms with van der Waals surface area (Å²) in [5.74, 6) is -0.451. The van der Waals surface area contributed by atoms with E-state index in [2.05, 4.69) is 7.05 Å². The first-order chi connectivity index (χ1) is 12.2. The summed E-state index contributed by atoms with van der Waals surface area (Å²) >= 11 is 0. The number of fused-ring (bicyclic) bond motifs is 2. The fourth-order valence-corrected chi connectivity index (χ4v) is 4.61. The van der Waals surface area contributed by atoms with Crippen LogP contribution in [0.1, 0.15) is 42.7 Å². The molecule has 2 aliphatic heterocycles. The number of esters is 1. The molecule has 2 heterocycles. The highest BCUT2D eigenvalue weighted by atomic mass is 16.5. The average Bonchev–Trinajstić information content (AvgIpc) is 2.84. The van der Waals surface area contributed by atoms with Crippen LogP contribution >= 0.6 is 0 Å². The molecule has 25 heavy (non-hydrogen) atoms. The lowest BCUT2D eigenvalue weighted by atomic mass is 9.91. The Balaban J connectivity index is 1.55. The molecule has 2 atom stereocenters. The third kappa shape index (κ3) is 3.34. The average molecular weight is 336 g/mol. The number of benzene rings is 2. The third-order valence-corrected chi connectivity index (χ3v) is 6.03. The van der Waals surface area contributed by atoms with Crippen LogP contribution in [0.15, 0.2) is 60.7 Å². The van der Waals surface area contributed by atoms with Crippen LogP contribution in [0.25, 0.3) is 0 Å². The molecule has 2 fully saturated rings. The molecule has 2 unspecified atom stereocenters. The number of quaternary nitrogens is 1. The van der Waals surface area contributed by atoms with Crippen LogP contribution in [0, 0.1) is 0 Å². The summed E-state index contributed by atoms with van der Waals surface area (Å²) in [7, 11) is 2.29. The maximum absolute atomic E-state index is 13.1. The lowest BCUT2D eigenvalue weighted by molar-refractivity contribution is -0.923. The van der Waals surface area contributed by atoms with E-state index in [9.17, 15) is 4.79 Å². The summed E-state index contributed by atoms with van der Waals surface area (Å²) in [4.78, 5) is 14.7. The first kappa shape index (κ1) is 16.3. The number of ether oxygens (including phenoxy) is 1. The summed E-state index contributed by atoms with van der Waals surface area (Å²) in [5.41, 5.74) is 2.00. The number of nitrogens with one attached hydrogen (secondary N) is 1. The van der Waals surface area contributed by atoms with Gasteiger partial charge in [0, 0.05) is 25.7 Å². The lowest BCUT2D eigenvalue weighted by Gasteiger charge is -2.33. The van der Waals surface area contributed by atoms with E-state index in [0.717, 1.165) is 24.0 Å². The number of piperidine rings is 1. The maximum Gasteiger partial charge on any atom is 0.318 e. The van der Waals surface area contributed by atoms with Gasteiger partial charge in [0.25, 0.3) is 0 Å². The standard InChI is InChI=1S/C22H25NO2/c1-23-18-12-13-19(23)15-20(14-18)25-22(24)21(16-8-4-2-5-9-16)17-10-6-3-7-11-17/h2-11,18-21H,12-15H2,1H3/p+1. The fourth-order valence-electron chi connectivity index (χ4n) is 4.61. The third-order valence-electron chi connectivity index (χ3n) is 6.03. The van der Waals surface area contributed by atoms with Gasteiger partial charge in [-0.1, -0.05) is 60.7 Å². The van der Waals surface area contributed by atoms with E-state index < -0.39 is 0 Å². The molecule has 0 aromatic heterocycles. The van der Waals surface area contributed by atoms with E-state index in [1.165, 1.54) is 12.8 Å². The van der Waals surface area contributed by atoms with Crippen molar-refractivity contribution in [3.05, 3.63) is 71.8 Å². The molecule has 2 aliphatic rings. The van der Waals surface area contributed by atoms with E-state index >= 15 is 0 Å². The lowest BCUT2D eigenvalue weighted by Crippen LogP contribution is -3.15. The van der Waals surface area contributed by atoms with Crippen molar-refractivity contribution in [2.24, 2.45) is 0 Å². The zero-order valence-corrected chi connectivity index (χ0v) is 14.7. The SMILES string of the molecule is C[NH+]1C2CCC1CC(OC(=O)C(c1ccccc1)c1ccccc1)C2. The number of hydrogen-bond donors (Lipinski definition) is 1. The van der Waals surface area contributed by atoms with Crippen molar-refractivity contribution < 1.29 is 14.4 Å². The van der Waals surface area contributed by atoms with Gasteiger partial charge in [-0.2, -0.15) is 0 Å². The van der Waals surface area contributed by atoms with Gasteiger partial charge in [-0.05, 0) is 11.1 Å². The molecule has 2 saturated heterocycles. The molecule has 130 valence electrons. The van der Waals surface area contributed by atoms with E-state index in [0.29, 0.717) is 12.1 Å². The summed E-state index contributed by atoms with van der Waals surface area (Å²) < 4.78 is 6.04. The minimum absolute atomic E-state index is 0.0728. The van der Waals surface area contributed by atoms with Crippen LogP contribution < -0.4 is 4.90 Å². The van der Waals surface area contributed by atoms with Gasteiger partial charge in [0.05, 0.1) is 19.1 Å². The predicted octanol–water partition coefficient (Wildman–Crippen LogP) is 2.57. The second kappa shape index (κ2) is 7.01. The minimum Gasteiger partial charge on any atom is -0.461 e. The molecule has 0 amide bonds. The Morgan fingerprint density at radius 3 is 1.88 bits per heavy atom. The zero-order chi connectivity index (χ0) is 17.2. The highest BCUT2D eigenvalue weighted by Gasteiger charge is 2.44. The van der Waals surface area contributed by atoms with Gasteiger partial charge in [0.1, 0.15) is 12.0 Å². The molecule has 1 N–H and O–H groups in total. The Bertz CT molecular complexity index is 662. The van der Waals surface area contributed by atoms with Gasteiger partial charge in [-0.3, -0.25) is 4.79 Å². The second-order valence-electron chi connectivity index (χ2n) is 7.50. The predicted molar refractivity (Wildman–Crippen MR) is 97.5 cm³/mol. The smallest absolute Gasteiger partial charge is 0.318 e. The molecule has 0 radical (unpaired) electrons. The largest absolute Gasteiger partial charge is 0.461 e. The Hall–Kier alpha value is -2.13. The van der Waals surface area contributed by atoms with Gasteiger partial charge in [-0.15, -0.1) is 0 Å². The Morgan fingerprint density at radius 2 is 1.40 bits per heavy atom. The topological polar surface area (TPSA) is 30.7 Å². The van der Waals surface area contributed by atoms with Crippen molar-refractivity contribution in [3.63, 3.8) is 0 Å². The van der Waals surface area contributed by atoms with Crippen LogP contribution in [0.5, 0.6) is 0 Å². The van der Waals surface area contributed by atoms with Crippen molar-refractivity contribution in [3.8, 4) is 0 Å². The molecule has 2 aromatic carbocycles. The molecule has 3 heteroatoms. The van der Waals surface area contributed by atoms with Crippen LogP contribution in [0.4, 0.5) is 0 Å². The zero-order valence-electron chi connectivity index (χ0n) is 14.7. The van der Waals surface area contributed by atoms with Crippen molar-refractivity contribution >= 4 is 5.97 Å². The van der Waals surface area contributed by atoms with E-state index in [1.807, 2.05) is 60.7 Å². The fraction of sp³-hybridized carbons (Fsp3) is 0.409. The maximum atomic E-state index is 13.1. The van der Waals surface area contributed by atoms with Gasteiger partial charge >= 0.3 is 5.97 Å². The summed E-state index contributed by atoms with van der Waals surface area (Å²) in [6.07, 6.45) is 4.62.